The van der Waals surface area contributed by atoms with Crippen LogP contribution >= 0.6 is 0 Å². The summed E-state index contributed by atoms with van der Waals surface area (Å²) in [7, 11) is 0. The molecule has 2 saturated heterocycles. The molecule has 23 heavy (non-hydrogen) atoms. The molecule has 126 valence electrons. The summed E-state index contributed by atoms with van der Waals surface area (Å²) in [5, 5.41) is 3.61. The molecular formula is C19H28N2O2. The van der Waals surface area contributed by atoms with Crippen molar-refractivity contribution in [3.63, 3.8) is 0 Å². The number of amides is 1. The van der Waals surface area contributed by atoms with Crippen molar-refractivity contribution in [1.29, 1.82) is 0 Å². The fraction of sp³-hybridized carbons (Fsp3) is 0.632. The van der Waals surface area contributed by atoms with E-state index in [1.807, 2.05) is 30.0 Å². The Hall–Kier alpha value is -1.55. The predicted octanol–water partition coefficient (Wildman–Crippen LogP) is 2.93. The van der Waals surface area contributed by atoms with E-state index < -0.39 is 6.10 Å². The number of nitrogens with zero attached hydrogens (tertiary/aromatic N) is 1. The van der Waals surface area contributed by atoms with Gasteiger partial charge in [-0.15, -0.1) is 0 Å². The molecule has 3 atom stereocenters. The van der Waals surface area contributed by atoms with E-state index in [9.17, 15) is 4.79 Å². The zero-order valence-corrected chi connectivity index (χ0v) is 14.4. The van der Waals surface area contributed by atoms with Gasteiger partial charge in [0, 0.05) is 25.2 Å². The van der Waals surface area contributed by atoms with Crippen LogP contribution in [0.2, 0.25) is 0 Å². The molecule has 4 nitrogen and oxygen atoms in total. The van der Waals surface area contributed by atoms with Crippen molar-refractivity contribution < 1.29 is 9.53 Å². The maximum atomic E-state index is 12.7. The molecule has 0 aromatic heterocycles. The molecule has 1 N–H and O–H groups in total. The van der Waals surface area contributed by atoms with Gasteiger partial charge < -0.3 is 15.0 Å². The van der Waals surface area contributed by atoms with Crippen molar-refractivity contribution in [3.05, 3.63) is 29.8 Å². The molecule has 4 heteroatoms. The van der Waals surface area contributed by atoms with Gasteiger partial charge in [-0.1, -0.05) is 26.0 Å². The second-order valence-corrected chi connectivity index (χ2v) is 7.20. The zero-order chi connectivity index (χ0) is 16.4. The molecule has 1 aromatic carbocycles. The lowest BCUT2D eigenvalue weighted by Crippen LogP contribution is -2.44. The maximum absolute atomic E-state index is 12.7. The zero-order valence-electron chi connectivity index (χ0n) is 14.4. The Morgan fingerprint density at radius 2 is 2.00 bits per heavy atom. The first-order valence-electron chi connectivity index (χ1n) is 8.84. The Morgan fingerprint density at radius 1 is 1.22 bits per heavy atom. The predicted molar refractivity (Wildman–Crippen MR) is 91.8 cm³/mol. The molecule has 0 saturated carbocycles. The highest BCUT2D eigenvalue weighted by molar-refractivity contribution is 5.81. The lowest BCUT2D eigenvalue weighted by Gasteiger charge is -2.27. The molecule has 2 fully saturated rings. The normalized spacial score (nSPS) is 25.3. The monoisotopic (exact) mass is 316 g/mol. The Bertz CT molecular complexity index is 558. The minimum Gasteiger partial charge on any atom is -0.481 e. The van der Waals surface area contributed by atoms with Gasteiger partial charge in [-0.05, 0) is 49.8 Å². The number of rotatable bonds is 4. The van der Waals surface area contributed by atoms with Crippen molar-refractivity contribution in [1.82, 2.24) is 10.2 Å². The summed E-state index contributed by atoms with van der Waals surface area (Å²) in [6.45, 7) is 7.84. The number of ether oxygens (including phenoxy) is 1. The summed E-state index contributed by atoms with van der Waals surface area (Å²) in [4.78, 5) is 14.7. The van der Waals surface area contributed by atoms with Gasteiger partial charge in [-0.3, -0.25) is 4.79 Å². The van der Waals surface area contributed by atoms with E-state index >= 15 is 0 Å². The molecular weight excluding hydrogens is 288 g/mol. The lowest BCUT2D eigenvalue weighted by atomic mass is 10.0. The van der Waals surface area contributed by atoms with Gasteiger partial charge in [0.25, 0.3) is 5.91 Å². The van der Waals surface area contributed by atoms with E-state index in [-0.39, 0.29) is 5.91 Å². The number of fused-ring (bicyclic) bond motifs is 2. The van der Waals surface area contributed by atoms with Crippen LogP contribution in [0.1, 0.15) is 51.5 Å². The second kappa shape index (κ2) is 6.91. The van der Waals surface area contributed by atoms with E-state index in [2.05, 4.69) is 25.2 Å². The molecule has 0 radical (unpaired) electrons. The Morgan fingerprint density at radius 3 is 2.78 bits per heavy atom. The van der Waals surface area contributed by atoms with Crippen molar-refractivity contribution in [2.24, 2.45) is 0 Å². The van der Waals surface area contributed by atoms with Crippen LogP contribution in [-0.2, 0) is 4.79 Å². The SMILES string of the molecule is CC(Oc1cccc(C(C)C)c1)C(=O)N1CCC2CCC(C1)N2. The molecule has 2 heterocycles. The van der Waals surface area contributed by atoms with Gasteiger partial charge in [0.15, 0.2) is 6.10 Å². The van der Waals surface area contributed by atoms with Crippen LogP contribution in [0.4, 0.5) is 0 Å². The number of hydrogen-bond acceptors (Lipinski definition) is 3. The highest BCUT2D eigenvalue weighted by Gasteiger charge is 2.33. The molecule has 1 aromatic rings. The summed E-state index contributed by atoms with van der Waals surface area (Å²) in [6.07, 6.45) is 3.05. The first-order chi connectivity index (χ1) is 11.0. The summed E-state index contributed by atoms with van der Waals surface area (Å²) in [5.41, 5.74) is 1.23. The van der Waals surface area contributed by atoms with Crippen LogP contribution in [-0.4, -0.2) is 42.1 Å². The van der Waals surface area contributed by atoms with E-state index in [4.69, 9.17) is 4.74 Å². The number of carbonyl (C=O) groups excluding carboxylic acids is 1. The van der Waals surface area contributed by atoms with Crippen molar-refractivity contribution in [2.45, 2.75) is 64.1 Å². The summed E-state index contributed by atoms with van der Waals surface area (Å²) in [6, 6.07) is 9.12. The van der Waals surface area contributed by atoms with E-state index in [1.165, 1.54) is 18.4 Å². The van der Waals surface area contributed by atoms with Crippen LogP contribution < -0.4 is 10.1 Å². The number of nitrogens with one attached hydrogen (secondary N) is 1. The van der Waals surface area contributed by atoms with E-state index in [0.717, 1.165) is 25.3 Å². The number of likely N-dealkylation sites (tertiary alicyclic amines) is 1. The van der Waals surface area contributed by atoms with E-state index in [1.54, 1.807) is 0 Å². The molecule has 1 amide bonds. The fourth-order valence-corrected chi connectivity index (χ4v) is 3.60. The third kappa shape index (κ3) is 3.86. The summed E-state index contributed by atoms with van der Waals surface area (Å²) < 4.78 is 5.93. The van der Waals surface area contributed by atoms with Crippen molar-refractivity contribution in [2.75, 3.05) is 13.1 Å². The highest BCUT2D eigenvalue weighted by atomic mass is 16.5. The number of benzene rings is 1. The standard InChI is InChI=1S/C19H28N2O2/c1-13(2)15-5-4-6-18(11-15)23-14(3)19(22)21-10-9-16-7-8-17(12-21)20-16/h4-6,11,13-14,16-17,20H,7-10,12H2,1-3H3. The van der Waals surface area contributed by atoms with Crippen LogP contribution in [0.5, 0.6) is 5.75 Å². The Labute approximate surface area is 139 Å². The van der Waals surface area contributed by atoms with Crippen LogP contribution in [0.25, 0.3) is 0 Å². The molecule has 0 spiro atoms. The molecule has 2 aliphatic rings. The minimum atomic E-state index is -0.436. The van der Waals surface area contributed by atoms with Crippen LogP contribution in [0, 0.1) is 0 Å². The molecule has 2 aliphatic heterocycles. The van der Waals surface area contributed by atoms with Crippen LogP contribution in [0.15, 0.2) is 24.3 Å². The first kappa shape index (κ1) is 16.3. The minimum absolute atomic E-state index is 0.106. The third-order valence-corrected chi connectivity index (χ3v) is 5.02. The highest BCUT2D eigenvalue weighted by Crippen LogP contribution is 2.23. The van der Waals surface area contributed by atoms with Crippen molar-refractivity contribution >= 4 is 5.91 Å². The molecule has 3 rings (SSSR count). The van der Waals surface area contributed by atoms with Gasteiger partial charge in [-0.2, -0.15) is 0 Å². The number of hydrogen-bond donors (Lipinski definition) is 1. The van der Waals surface area contributed by atoms with Crippen LogP contribution in [0.3, 0.4) is 0 Å². The Balaban J connectivity index is 1.62. The smallest absolute Gasteiger partial charge is 0.263 e. The molecule has 3 unspecified atom stereocenters. The topological polar surface area (TPSA) is 41.6 Å². The summed E-state index contributed by atoms with van der Waals surface area (Å²) in [5.74, 6) is 1.35. The third-order valence-electron chi connectivity index (χ3n) is 5.02. The second-order valence-electron chi connectivity index (χ2n) is 7.20. The van der Waals surface area contributed by atoms with Gasteiger partial charge >= 0.3 is 0 Å². The number of carbonyl (C=O) groups is 1. The van der Waals surface area contributed by atoms with Gasteiger partial charge in [0.05, 0.1) is 0 Å². The van der Waals surface area contributed by atoms with Crippen molar-refractivity contribution in [3.8, 4) is 5.75 Å². The van der Waals surface area contributed by atoms with Gasteiger partial charge in [0.2, 0.25) is 0 Å². The van der Waals surface area contributed by atoms with Gasteiger partial charge in [0.1, 0.15) is 5.75 Å². The average molecular weight is 316 g/mol. The lowest BCUT2D eigenvalue weighted by molar-refractivity contribution is -0.138. The largest absolute Gasteiger partial charge is 0.481 e. The first-order valence-corrected chi connectivity index (χ1v) is 8.84. The Kier molecular flexibility index (Phi) is 4.90. The molecule has 0 aliphatic carbocycles. The van der Waals surface area contributed by atoms with Gasteiger partial charge in [-0.25, -0.2) is 0 Å². The van der Waals surface area contributed by atoms with E-state index in [0.29, 0.717) is 18.0 Å². The summed E-state index contributed by atoms with van der Waals surface area (Å²) >= 11 is 0. The quantitative estimate of drug-likeness (QED) is 0.928. The fourth-order valence-electron chi connectivity index (χ4n) is 3.60. The average Bonchev–Trinajstić information content (AvgIpc) is 2.86. The molecule has 2 bridgehead atoms. The maximum Gasteiger partial charge on any atom is 0.263 e.